The van der Waals surface area contributed by atoms with Gasteiger partial charge in [-0.15, -0.1) is 11.3 Å². The minimum atomic E-state index is -3.52. The average Bonchev–Trinajstić information content (AvgIpc) is 3.42. The Bertz CT molecular complexity index is 1510. The first-order valence-corrected chi connectivity index (χ1v) is 16.2. The molecule has 43 heavy (non-hydrogen) atoms. The number of nitrogens with zero attached hydrogens (tertiary/aromatic N) is 6. The van der Waals surface area contributed by atoms with Gasteiger partial charge in [-0.25, -0.2) is 23.4 Å². The number of anilines is 1. The van der Waals surface area contributed by atoms with Crippen molar-refractivity contribution in [3.63, 3.8) is 0 Å². The molecule has 1 aromatic carbocycles. The summed E-state index contributed by atoms with van der Waals surface area (Å²) in [4.78, 5) is 48.3. The van der Waals surface area contributed by atoms with Crippen molar-refractivity contribution in [3.05, 3.63) is 65.2 Å². The van der Waals surface area contributed by atoms with Gasteiger partial charge in [-0.2, -0.15) is 0 Å². The molecule has 3 heterocycles. The molecule has 1 unspecified atom stereocenters. The molecule has 15 heteroatoms. The van der Waals surface area contributed by atoms with Crippen molar-refractivity contribution in [1.29, 1.82) is 0 Å². The highest BCUT2D eigenvalue weighted by Crippen LogP contribution is 2.22. The minimum Gasteiger partial charge on any atom is -0.387 e. The second-order valence-electron chi connectivity index (χ2n) is 9.95. The molecule has 0 aliphatic carbocycles. The quantitative estimate of drug-likeness (QED) is 0.169. The third-order valence-corrected chi connectivity index (χ3v) is 9.42. The van der Waals surface area contributed by atoms with Crippen molar-refractivity contribution in [1.82, 2.24) is 24.8 Å². The lowest BCUT2D eigenvalue weighted by atomic mass is 10.1. The summed E-state index contributed by atoms with van der Waals surface area (Å²) in [6.45, 7) is 6.69. The standard InChI is InChI=1S/C28H35N7O6S2/c1-20-17-34(12-13-35(20)21(2)36)18-23-16-31-28(42-23)32-27(37)26(33-41-19-25-29-10-4-11-30-25)22-6-8-24(9-7-22)43(38,39)15-5-14-40-3/h4,6-11,16,20H,5,12-15,17-19H2,1-3H3,(H,31,32,37)/b33-26+. The number of hydrogen-bond acceptors (Lipinski definition) is 12. The van der Waals surface area contributed by atoms with E-state index in [2.05, 4.69) is 30.3 Å². The molecular formula is C28H35N7O6S2. The molecule has 4 rings (SSSR count). The maximum Gasteiger partial charge on any atom is 0.280 e. The van der Waals surface area contributed by atoms with Gasteiger partial charge in [0.25, 0.3) is 5.91 Å². The molecule has 1 saturated heterocycles. The molecule has 1 aliphatic heterocycles. The SMILES string of the molecule is COCCCS(=O)(=O)c1ccc(/C(=N\OCc2ncccn2)C(=O)Nc2ncc(CN3CCN(C(C)=O)C(C)C3)s2)cc1. The number of carbonyl (C=O) groups excluding carboxylic acids is 2. The molecule has 1 atom stereocenters. The maximum absolute atomic E-state index is 13.4. The Balaban J connectivity index is 1.46. The highest BCUT2D eigenvalue weighted by Gasteiger charge is 2.26. The predicted octanol–water partition coefficient (Wildman–Crippen LogP) is 2.36. The monoisotopic (exact) mass is 629 g/mol. The number of methoxy groups -OCH3 is 1. The molecule has 1 N–H and O–H groups in total. The largest absolute Gasteiger partial charge is 0.387 e. The van der Waals surface area contributed by atoms with Gasteiger partial charge >= 0.3 is 0 Å². The van der Waals surface area contributed by atoms with E-state index >= 15 is 0 Å². The molecule has 13 nitrogen and oxygen atoms in total. The molecule has 0 saturated carbocycles. The van der Waals surface area contributed by atoms with Gasteiger partial charge in [0.2, 0.25) is 5.91 Å². The number of piperazine rings is 1. The molecule has 3 aromatic rings. The zero-order valence-corrected chi connectivity index (χ0v) is 25.9. The van der Waals surface area contributed by atoms with Crippen LogP contribution in [0.4, 0.5) is 5.13 Å². The van der Waals surface area contributed by atoms with Gasteiger partial charge in [0.1, 0.15) is 0 Å². The van der Waals surface area contributed by atoms with Crippen molar-refractivity contribution in [2.24, 2.45) is 5.16 Å². The molecular weight excluding hydrogens is 594 g/mol. The van der Waals surface area contributed by atoms with E-state index in [1.165, 1.54) is 42.7 Å². The molecule has 0 bridgehead atoms. The van der Waals surface area contributed by atoms with Gasteiger partial charge in [0.05, 0.1) is 10.6 Å². The van der Waals surface area contributed by atoms with E-state index in [1.54, 1.807) is 31.6 Å². The van der Waals surface area contributed by atoms with E-state index in [4.69, 9.17) is 9.57 Å². The van der Waals surface area contributed by atoms with Crippen molar-refractivity contribution >= 4 is 43.8 Å². The maximum atomic E-state index is 13.4. The van der Waals surface area contributed by atoms with E-state index in [-0.39, 0.29) is 34.9 Å². The Kier molecular flexibility index (Phi) is 11.3. The van der Waals surface area contributed by atoms with Crippen LogP contribution in [0.3, 0.4) is 0 Å². The van der Waals surface area contributed by atoms with Gasteiger partial charge in [-0.05, 0) is 31.5 Å². The van der Waals surface area contributed by atoms with Crippen LogP contribution in [0.25, 0.3) is 0 Å². The third-order valence-electron chi connectivity index (χ3n) is 6.70. The van der Waals surface area contributed by atoms with E-state index in [0.717, 1.165) is 18.0 Å². The fourth-order valence-corrected chi connectivity index (χ4v) is 6.71. The Hall–Kier alpha value is -3.79. The van der Waals surface area contributed by atoms with Gasteiger partial charge in [0.15, 0.2) is 33.1 Å². The van der Waals surface area contributed by atoms with Crippen LogP contribution in [0.5, 0.6) is 0 Å². The topological polar surface area (TPSA) is 156 Å². The van der Waals surface area contributed by atoms with Gasteiger partial charge < -0.3 is 14.5 Å². The highest BCUT2D eigenvalue weighted by molar-refractivity contribution is 7.91. The summed E-state index contributed by atoms with van der Waals surface area (Å²) < 4.78 is 30.3. The number of thiazole rings is 1. The van der Waals surface area contributed by atoms with E-state index in [0.29, 0.717) is 42.6 Å². The van der Waals surface area contributed by atoms with Gasteiger partial charge in [0, 0.05) is 81.9 Å². The number of aromatic nitrogens is 3. The molecule has 2 amide bonds. The first kappa shape index (κ1) is 32.1. The zero-order valence-electron chi connectivity index (χ0n) is 24.3. The second-order valence-corrected chi connectivity index (χ2v) is 13.2. The van der Waals surface area contributed by atoms with Crippen LogP contribution < -0.4 is 5.32 Å². The Morgan fingerprint density at radius 3 is 2.56 bits per heavy atom. The minimum absolute atomic E-state index is 0.0560. The van der Waals surface area contributed by atoms with Crippen LogP contribution in [0, 0.1) is 0 Å². The molecule has 2 aromatic heterocycles. The number of sulfone groups is 1. The van der Waals surface area contributed by atoms with E-state index in [1.807, 2.05) is 11.8 Å². The van der Waals surface area contributed by atoms with Crippen molar-refractivity contribution < 1.29 is 27.6 Å². The van der Waals surface area contributed by atoms with Crippen LogP contribution in [-0.4, -0.2) is 95.8 Å². The third kappa shape index (κ3) is 9.10. The first-order valence-electron chi connectivity index (χ1n) is 13.7. The lowest BCUT2D eigenvalue weighted by Crippen LogP contribution is -2.52. The van der Waals surface area contributed by atoms with Crippen molar-refractivity contribution in [3.8, 4) is 0 Å². The molecule has 230 valence electrons. The van der Waals surface area contributed by atoms with Crippen LogP contribution >= 0.6 is 11.3 Å². The summed E-state index contributed by atoms with van der Waals surface area (Å²) in [5.74, 6) is -0.175. The summed E-state index contributed by atoms with van der Waals surface area (Å²) >= 11 is 1.34. The van der Waals surface area contributed by atoms with Crippen LogP contribution in [0.1, 0.15) is 36.5 Å². The van der Waals surface area contributed by atoms with E-state index < -0.39 is 15.7 Å². The number of nitrogens with one attached hydrogen (secondary N) is 1. The average molecular weight is 630 g/mol. The summed E-state index contributed by atoms with van der Waals surface area (Å²) in [5.41, 5.74) is 0.293. The fourth-order valence-electron chi connectivity index (χ4n) is 4.58. The zero-order chi connectivity index (χ0) is 30.8. The summed E-state index contributed by atoms with van der Waals surface area (Å²) in [5, 5.41) is 7.22. The number of ether oxygens (including phenoxy) is 1. The van der Waals surface area contributed by atoms with Gasteiger partial charge in [-0.1, -0.05) is 17.3 Å². The lowest BCUT2D eigenvalue weighted by Gasteiger charge is -2.39. The normalized spacial score (nSPS) is 16.2. The number of benzene rings is 1. The summed E-state index contributed by atoms with van der Waals surface area (Å²) in [6.07, 6.45) is 5.22. The van der Waals surface area contributed by atoms with Crippen molar-refractivity contribution in [2.45, 2.75) is 44.4 Å². The molecule has 1 aliphatic rings. The Morgan fingerprint density at radius 1 is 1.14 bits per heavy atom. The number of carbonyl (C=O) groups is 2. The highest BCUT2D eigenvalue weighted by atomic mass is 32.2. The number of hydrogen-bond donors (Lipinski definition) is 1. The van der Waals surface area contributed by atoms with E-state index in [9.17, 15) is 18.0 Å². The van der Waals surface area contributed by atoms with Crippen LogP contribution in [0.2, 0.25) is 0 Å². The van der Waals surface area contributed by atoms with Gasteiger partial charge in [-0.3, -0.25) is 19.8 Å². The van der Waals surface area contributed by atoms with Crippen LogP contribution in [-0.2, 0) is 42.2 Å². The fraction of sp³-hybridized carbons (Fsp3) is 0.429. The number of rotatable bonds is 13. The molecule has 0 radical (unpaired) electrons. The van der Waals surface area contributed by atoms with Crippen molar-refractivity contribution in [2.75, 3.05) is 44.4 Å². The number of amides is 2. The summed E-state index contributed by atoms with van der Waals surface area (Å²) in [7, 11) is -2.00. The second kappa shape index (κ2) is 15.1. The first-order chi connectivity index (χ1) is 20.7. The number of oxime groups is 1. The Labute approximate surface area is 254 Å². The lowest BCUT2D eigenvalue weighted by molar-refractivity contribution is -0.133. The molecule has 0 spiro atoms. The Morgan fingerprint density at radius 2 is 1.88 bits per heavy atom. The van der Waals surface area contributed by atoms with Crippen LogP contribution in [0.15, 0.2) is 59.0 Å². The molecule has 1 fully saturated rings. The smallest absolute Gasteiger partial charge is 0.280 e. The predicted molar refractivity (Wildman–Crippen MR) is 161 cm³/mol. The summed E-state index contributed by atoms with van der Waals surface area (Å²) in [6, 6.07) is 7.69.